The Balaban J connectivity index is 1.73. The third-order valence-electron chi connectivity index (χ3n) is 4.35. The van der Waals surface area contributed by atoms with E-state index >= 15 is 0 Å². The van der Waals surface area contributed by atoms with Crippen LogP contribution in [0.2, 0.25) is 0 Å². The quantitative estimate of drug-likeness (QED) is 0.675. The standard InChI is InChI=1S/C20H18N2O5/c1-2-25-20(24)18-14(13-5-3-4-6-15(13)22-19(18)23)10-21-12-7-8-16-17(9-12)27-11-26-16/h3-9,21H,2,10-11H2,1H3,(H,22,23). The van der Waals surface area contributed by atoms with E-state index in [1.807, 2.05) is 36.4 Å². The van der Waals surface area contributed by atoms with Gasteiger partial charge in [0, 0.05) is 34.8 Å². The number of hydrogen-bond donors (Lipinski definition) is 2. The van der Waals surface area contributed by atoms with Crippen LogP contribution in [0.5, 0.6) is 11.5 Å². The van der Waals surface area contributed by atoms with Gasteiger partial charge in [-0.2, -0.15) is 0 Å². The van der Waals surface area contributed by atoms with E-state index in [1.165, 1.54) is 0 Å². The topological polar surface area (TPSA) is 89.7 Å². The molecule has 1 aliphatic heterocycles. The number of carbonyl (C=O) groups is 1. The van der Waals surface area contributed by atoms with Crippen molar-refractivity contribution >= 4 is 22.6 Å². The van der Waals surface area contributed by atoms with Gasteiger partial charge in [-0.05, 0) is 25.1 Å². The first kappa shape index (κ1) is 17.0. The molecule has 27 heavy (non-hydrogen) atoms. The fourth-order valence-corrected chi connectivity index (χ4v) is 3.11. The average molecular weight is 366 g/mol. The van der Waals surface area contributed by atoms with Crippen molar-refractivity contribution < 1.29 is 19.0 Å². The van der Waals surface area contributed by atoms with Gasteiger partial charge in [-0.3, -0.25) is 4.79 Å². The molecule has 0 saturated heterocycles. The van der Waals surface area contributed by atoms with Crippen molar-refractivity contribution in [2.45, 2.75) is 13.5 Å². The van der Waals surface area contributed by atoms with Crippen molar-refractivity contribution in [3.63, 3.8) is 0 Å². The smallest absolute Gasteiger partial charge is 0.344 e. The fourth-order valence-electron chi connectivity index (χ4n) is 3.11. The third-order valence-corrected chi connectivity index (χ3v) is 4.35. The normalized spacial score (nSPS) is 12.2. The second-order valence-electron chi connectivity index (χ2n) is 6.00. The second kappa shape index (κ2) is 7.03. The number of nitrogens with one attached hydrogen (secondary N) is 2. The Hall–Kier alpha value is -3.48. The number of esters is 1. The molecule has 1 aliphatic rings. The largest absolute Gasteiger partial charge is 0.462 e. The molecule has 7 nitrogen and oxygen atoms in total. The van der Waals surface area contributed by atoms with Gasteiger partial charge in [0.25, 0.3) is 5.56 Å². The minimum Gasteiger partial charge on any atom is -0.462 e. The molecule has 0 spiro atoms. The van der Waals surface area contributed by atoms with Crippen molar-refractivity contribution in [3.05, 3.63) is 63.9 Å². The maximum Gasteiger partial charge on any atom is 0.344 e. The summed E-state index contributed by atoms with van der Waals surface area (Å²) in [5.41, 5.74) is 1.60. The van der Waals surface area contributed by atoms with Crippen molar-refractivity contribution in [1.29, 1.82) is 0 Å². The van der Waals surface area contributed by atoms with E-state index in [4.69, 9.17) is 14.2 Å². The van der Waals surface area contributed by atoms with Crippen molar-refractivity contribution in [1.82, 2.24) is 4.98 Å². The minimum absolute atomic E-state index is 0.0174. The number of aromatic nitrogens is 1. The predicted octanol–water partition coefficient (Wildman–Crippen LogP) is 3.05. The molecule has 0 atom stereocenters. The summed E-state index contributed by atoms with van der Waals surface area (Å²) in [5.74, 6) is 0.711. The number of carbonyl (C=O) groups excluding carboxylic acids is 1. The van der Waals surface area contributed by atoms with Gasteiger partial charge in [0.2, 0.25) is 6.79 Å². The molecule has 2 heterocycles. The molecule has 0 unspecified atom stereocenters. The van der Waals surface area contributed by atoms with Crippen molar-refractivity contribution in [2.75, 3.05) is 18.7 Å². The van der Waals surface area contributed by atoms with Crippen LogP contribution in [-0.4, -0.2) is 24.4 Å². The average Bonchev–Trinajstić information content (AvgIpc) is 3.13. The van der Waals surface area contributed by atoms with Crippen LogP contribution in [0.4, 0.5) is 5.69 Å². The molecule has 0 bridgehead atoms. The Morgan fingerprint density at radius 3 is 2.85 bits per heavy atom. The van der Waals surface area contributed by atoms with Gasteiger partial charge >= 0.3 is 5.97 Å². The van der Waals surface area contributed by atoms with Gasteiger partial charge in [-0.25, -0.2) is 4.79 Å². The van der Waals surface area contributed by atoms with Crippen LogP contribution in [0.15, 0.2) is 47.3 Å². The number of pyridine rings is 1. The Kier molecular flexibility index (Phi) is 4.42. The van der Waals surface area contributed by atoms with Crippen LogP contribution in [0, 0.1) is 0 Å². The number of anilines is 1. The van der Waals surface area contributed by atoms with Crippen LogP contribution in [0.25, 0.3) is 10.9 Å². The van der Waals surface area contributed by atoms with Gasteiger partial charge in [0.1, 0.15) is 5.56 Å². The molecule has 0 amide bonds. The molecule has 0 radical (unpaired) electrons. The summed E-state index contributed by atoms with van der Waals surface area (Å²) >= 11 is 0. The molecule has 0 saturated carbocycles. The number of ether oxygens (including phenoxy) is 3. The van der Waals surface area contributed by atoms with Crippen LogP contribution in [0.1, 0.15) is 22.8 Å². The number of H-pyrrole nitrogens is 1. The van der Waals surface area contributed by atoms with Gasteiger partial charge in [-0.15, -0.1) is 0 Å². The Bertz CT molecular complexity index is 1070. The minimum atomic E-state index is -0.632. The molecule has 2 N–H and O–H groups in total. The summed E-state index contributed by atoms with van der Waals surface area (Å²) < 4.78 is 15.8. The number of para-hydroxylation sites is 1. The maximum absolute atomic E-state index is 12.5. The lowest BCUT2D eigenvalue weighted by atomic mass is 10.0. The first-order valence-electron chi connectivity index (χ1n) is 8.62. The van der Waals surface area contributed by atoms with Gasteiger partial charge in [0.05, 0.1) is 6.61 Å². The van der Waals surface area contributed by atoms with Gasteiger partial charge < -0.3 is 24.5 Å². The first-order valence-corrected chi connectivity index (χ1v) is 8.62. The van der Waals surface area contributed by atoms with E-state index in [9.17, 15) is 9.59 Å². The SMILES string of the molecule is CCOC(=O)c1c(CNc2ccc3c(c2)OCO3)c2ccccc2[nH]c1=O. The molecular weight excluding hydrogens is 348 g/mol. The second-order valence-corrected chi connectivity index (χ2v) is 6.00. The third kappa shape index (κ3) is 3.19. The lowest BCUT2D eigenvalue weighted by Crippen LogP contribution is -2.24. The van der Waals surface area contributed by atoms with Gasteiger partial charge in [-0.1, -0.05) is 18.2 Å². The van der Waals surface area contributed by atoms with E-state index in [-0.39, 0.29) is 25.5 Å². The summed E-state index contributed by atoms with van der Waals surface area (Å²) in [7, 11) is 0. The van der Waals surface area contributed by atoms with Crippen LogP contribution >= 0.6 is 0 Å². The van der Waals surface area contributed by atoms with Crippen LogP contribution < -0.4 is 20.3 Å². The van der Waals surface area contributed by atoms with Crippen LogP contribution in [-0.2, 0) is 11.3 Å². The van der Waals surface area contributed by atoms with Crippen LogP contribution in [0.3, 0.4) is 0 Å². The number of aromatic amines is 1. The molecule has 2 aromatic carbocycles. The Labute approximate surface area is 154 Å². The highest BCUT2D eigenvalue weighted by molar-refractivity contribution is 5.97. The highest BCUT2D eigenvalue weighted by Gasteiger charge is 2.20. The summed E-state index contributed by atoms with van der Waals surface area (Å²) in [6.45, 7) is 2.38. The number of fused-ring (bicyclic) bond motifs is 2. The molecule has 4 rings (SSSR count). The Morgan fingerprint density at radius 2 is 2.00 bits per heavy atom. The van der Waals surface area contributed by atoms with E-state index in [1.54, 1.807) is 13.0 Å². The highest BCUT2D eigenvalue weighted by atomic mass is 16.7. The zero-order chi connectivity index (χ0) is 18.8. The number of hydrogen-bond acceptors (Lipinski definition) is 6. The molecule has 1 aromatic heterocycles. The lowest BCUT2D eigenvalue weighted by molar-refractivity contribution is 0.0523. The summed E-state index contributed by atoms with van der Waals surface area (Å²) in [5, 5.41) is 4.04. The van der Waals surface area contributed by atoms with E-state index < -0.39 is 11.5 Å². The number of rotatable bonds is 5. The molecular formula is C20H18N2O5. The summed E-state index contributed by atoms with van der Waals surface area (Å²) in [6, 6.07) is 12.8. The van der Waals surface area contributed by atoms with Crippen molar-refractivity contribution in [3.8, 4) is 11.5 Å². The first-order chi connectivity index (χ1) is 13.2. The molecule has 0 aliphatic carbocycles. The zero-order valence-corrected chi connectivity index (χ0v) is 14.7. The molecule has 138 valence electrons. The lowest BCUT2D eigenvalue weighted by Gasteiger charge is -2.13. The zero-order valence-electron chi connectivity index (χ0n) is 14.7. The molecule has 0 fully saturated rings. The maximum atomic E-state index is 12.5. The highest BCUT2D eigenvalue weighted by Crippen LogP contribution is 2.34. The fraction of sp³-hybridized carbons (Fsp3) is 0.200. The monoisotopic (exact) mass is 366 g/mol. The van der Waals surface area contributed by atoms with E-state index in [2.05, 4.69) is 10.3 Å². The number of benzene rings is 2. The predicted molar refractivity (Wildman–Crippen MR) is 100 cm³/mol. The molecule has 7 heteroatoms. The van der Waals surface area contributed by atoms with E-state index in [0.717, 1.165) is 11.1 Å². The summed E-state index contributed by atoms with van der Waals surface area (Å²) in [6.07, 6.45) is 0. The summed E-state index contributed by atoms with van der Waals surface area (Å²) in [4.78, 5) is 27.7. The van der Waals surface area contributed by atoms with Crippen molar-refractivity contribution in [2.24, 2.45) is 0 Å². The van der Waals surface area contributed by atoms with Gasteiger partial charge in [0.15, 0.2) is 11.5 Å². The van der Waals surface area contributed by atoms with E-state index in [0.29, 0.717) is 22.6 Å². The molecule has 3 aromatic rings. The Morgan fingerprint density at radius 1 is 1.19 bits per heavy atom.